The zero-order valence-electron chi connectivity index (χ0n) is 10.1. The van der Waals surface area contributed by atoms with E-state index in [1.807, 2.05) is 13.8 Å². The van der Waals surface area contributed by atoms with Crippen molar-refractivity contribution in [1.29, 1.82) is 0 Å². The topological polar surface area (TPSA) is 80.4 Å². The molecule has 5 heteroatoms. The third-order valence-corrected chi connectivity index (χ3v) is 4.46. The number of fused-ring (bicyclic) bond motifs is 1. The van der Waals surface area contributed by atoms with Gasteiger partial charge in [0, 0.05) is 4.92 Å². The number of carboxylic acid groups (broad SMARTS) is 1. The zero-order chi connectivity index (χ0) is 12.8. The summed E-state index contributed by atoms with van der Waals surface area (Å²) in [5, 5.41) is 19.7. The highest BCUT2D eigenvalue weighted by Gasteiger charge is 2.60. The van der Waals surface area contributed by atoms with E-state index in [2.05, 4.69) is 0 Å². The van der Waals surface area contributed by atoms with Crippen molar-refractivity contribution in [2.45, 2.75) is 33.1 Å². The number of aliphatic carboxylic acids is 1. The van der Waals surface area contributed by atoms with Crippen LogP contribution in [0.5, 0.6) is 0 Å². The Labute approximate surface area is 99.7 Å². The molecule has 0 radical (unpaired) electrons. The maximum atomic E-state index is 10.9. The van der Waals surface area contributed by atoms with Crippen LogP contribution < -0.4 is 0 Å². The van der Waals surface area contributed by atoms with Gasteiger partial charge in [-0.2, -0.15) is 0 Å². The molecule has 2 aliphatic carbocycles. The lowest BCUT2D eigenvalue weighted by molar-refractivity contribution is -0.506. The van der Waals surface area contributed by atoms with Crippen LogP contribution in [0.1, 0.15) is 33.1 Å². The van der Waals surface area contributed by atoms with Crippen LogP contribution in [-0.4, -0.2) is 22.5 Å². The molecule has 94 valence electrons. The Morgan fingerprint density at radius 3 is 2.71 bits per heavy atom. The second-order valence-electron chi connectivity index (χ2n) is 5.53. The SMILES string of the molecule is CC1=C(C)[C@@H]2[C@H](C1)C[C@@]2(CC(=O)O)C[N+](=O)[O-]. The minimum absolute atomic E-state index is 0.0836. The normalized spacial score (nSPS) is 35.4. The van der Waals surface area contributed by atoms with Gasteiger partial charge in [-0.15, -0.1) is 0 Å². The third-order valence-electron chi connectivity index (χ3n) is 4.46. The van der Waals surface area contributed by atoms with Gasteiger partial charge in [0.15, 0.2) is 0 Å². The standard InChI is InChI=1S/C12H17NO4/c1-7-3-9-4-12(5-10(14)15,6-13(16)17)11(9)8(7)2/h9,11H,3-6H2,1-2H3,(H,14,15)/t9-,11-,12-/m1/s1. The van der Waals surface area contributed by atoms with Crippen molar-refractivity contribution >= 4 is 5.97 Å². The number of hydrogen-bond donors (Lipinski definition) is 1. The maximum absolute atomic E-state index is 10.9. The smallest absolute Gasteiger partial charge is 0.304 e. The molecule has 1 saturated carbocycles. The van der Waals surface area contributed by atoms with Crippen molar-refractivity contribution in [3.8, 4) is 0 Å². The summed E-state index contributed by atoms with van der Waals surface area (Å²) in [6, 6.07) is 0. The Morgan fingerprint density at radius 2 is 2.24 bits per heavy atom. The number of nitro groups is 1. The fourth-order valence-corrected chi connectivity index (χ4v) is 3.89. The molecule has 0 saturated heterocycles. The minimum atomic E-state index is -0.928. The molecule has 0 spiro atoms. The first-order valence-electron chi connectivity index (χ1n) is 5.85. The van der Waals surface area contributed by atoms with E-state index in [1.54, 1.807) is 0 Å². The molecule has 1 fully saturated rings. The van der Waals surface area contributed by atoms with Gasteiger partial charge in [0.1, 0.15) is 0 Å². The number of nitrogens with zero attached hydrogens (tertiary/aromatic N) is 1. The molecule has 5 nitrogen and oxygen atoms in total. The summed E-state index contributed by atoms with van der Waals surface area (Å²) in [5.41, 5.74) is 1.84. The molecule has 0 aromatic rings. The molecule has 0 amide bonds. The average molecular weight is 239 g/mol. The molecule has 0 aromatic heterocycles. The summed E-state index contributed by atoms with van der Waals surface area (Å²) in [6.07, 6.45) is 1.58. The molecule has 2 rings (SSSR count). The number of rotatable bonds is 4. The second kappa shape index (κ2) is 3.82. The summed E-state index contributed by atoms with van der Waals surface area (Å²) in [5.74, 6) is -0.374. The lowest BCUT2D eigenvalue weighted by Crippen LogP contribution is -2.51. The van der Waals surface area contributed by atoms with Crippen molar-refractivity contribution in [3.63, 3.8) is 0 Å². The van der Waals surface area contributed by atoms with E-state index in [9.17, 15) is 14.9 Å². The predicted octanol–water partition coefficient (Wildman–Crippen LogP) is 2.10. The van der Waals surface area contributed by atoms with Crippen LogP contribution in [0.4, 0.5) is 0 Å². The van der Waals surface area contributed by atoms with Crippen LogP contribution in [0, 0.1) is 27.4 Å². The van der Waals surface area contributed by atoms with Crippen molar-refractivity contribution in [2.75, 3.05) is 6.54 Å². The van der Waals surface area contributed by atoms with Gasteiger partial charge in [-0.1, -0.05) is 11.1 Å². The van der Waals surface area contributed by atoms with Crippen LogP contribution in [0.3, 0.4) is 0 Å². The first-order chi connectivity index (χ1) is 7.85. The van der Waals surface area contributed by atoms with Crippen LogP contribution in [0.25, 0.3) is 0 Å². The minimum Gasteiger partial charge on any atom is -0.481 e. The monoisotopic (exact) mass is 239 g/mol. The van der Waals surface area contributed by atoms with Crippen LogP contribution in [0.2, 0.25) is 0 Å². The molecule has 0 aromatic carbocycles. The first kappa shape index (κ1) is 12.1. The summed E-state index contributed by atoms with van der Waals surface area (Å²) in [6.45, 7) is 3.83. The van der Waals surface area contributed by atoms with E-state index in [4.69, 9.17) is 5.11 Å². The van der Waals surface area contributed by atoms with Gasteiger partial charge in [-0.25, -0.2) is 0 Å². The van der Waals surface area contributed by atoms with Gasteiger partial charge < -0.3 is 5.11 Å². The number of carbonyl (C=O) groups is 1. The first-order valence-corrected chi connectivity index (χ1v) is 5.85. The fraction of sp³-hybridized carbons (Fsp3) is 0.750. The quantitative estimate of drug-likeness (QED) is 0.463. The molecular weight excluding hydrogens is 222 g/mol. The summed E-state index contributed by atoms with van der Waals surface area (Å²) in [4.78, 5) is 21.3. The van der Waals surface area contributed by atoms with E-state index >= 15 is 0 Å². The molecule has 0 heterocycles. The summed E-state index contributed by atoms with van der Waals surface area (Å²) < 4.78 is 0. The van der Waals surface area contributed by atoms with E-state index in [0.717, 1.165) is 6.42 Å². The highest BCUT2D eigenvalue weighted by atomic mass is 16.6. The van der Waals surface area contributed by atoms with E-state index in [0.29, 0.717) is 12.3 Å². The Hall–Kier alpha value is -1.39. The van der Waals surface area contributed by atoms with Gasteiger partial charge in [0.25, 0.3) is 0 Å². The van der Waals surface area contributed by atoms with E-state index in [-0.39, 0.29) is 23.8 Å². The highest BCUT2D eigenvalue weighted by Crippen LogP contribution is 2.62. The number of allylic oxidation sites excluding steroid dienone is 2. The van der Waals surface area contributed by atoms with Crippen molar-refractivity contribution in [2.24, 2.45) is 17.3 Å². The van der Waals surface area contributed by atoms with Crippen LogP contribution in [-0.2, 0) is 4.79 Å². The van der Waals surface area contributed by atoms with Gasteiger partial charge in [0.2, 0.25) is 6.54 Å². The van der Waals surface area contributed by atoms with Gasteiger partial charge in [-0.05, 0) is 38.5 Å². The molecule has 3 atom stereocenters. The molecule has 0 unspecified atom stereocenters. The predicted molar refractivity (Wildman–Crippen MR) is 61.1 cm³/mol. The zero-order valence-corrected chi connectivity index (χ0v) is 10.1. The molecule has 17 heavy (non-hydrogen) atoms. The fourth-order valence-electron chi connectivity index (χ4n) is 3.89. The van der Waals surface area contributed by atoms with E-state index < -0.39 is 11.4 Å². The Bertz CT molecular complexity index is 397. The Balaban J connectivity index is 2.25. The molecular formula is C12H17NO4. The summed E-state index contributed by atoms with van der Waals surface area (Å²) >= 11 is 0. The van der Waals surface area contributed by atoms with Crippen molar-refractivity contribution < 1.29 is 14.8 Å². The van der Waals surface area contributed by atoms with Crippen molar-refractivity contribution in [3.05, 3.63) is 21.3 Å². The largest absolute Gasteiger partial charge is 0.481 e. The second-order valence-corrected chi connectivity index (χ2v) is 5.53. The van der Waals surface area contributed by atoms with Crippen molar-refractivity contribution in [1.82, 2.24) is 0 Å². The number of carboxylic acids is 1. The highest BCUT2D eigenvalue weighted by molar-refractivity contribution is 5.68. The van der Waals surface area contributed by atoms with Gasteiger partial charge in [0.05, 0.1) is 11.8 Å². The third kappa shape index (κ3) is 1.83. The van der Waals surface area contributed by atoms with E-state index in [1.165, 1.54) is 11.1 Å². The molecule has 0 bridgehead atoms. The maximum Gasteiger partial charge on any atom is 0.304 e. The van der Waals surface area contributed by atoms with Crippen LogP contribution in [0.15, 0.2) is 11.1 Å². The molecule has 0 aliphatic heterocycles. The van der Waals surface area contributed by atoms with Gasteiger partial charge in [-0.3, -0.25) is 14.9 Å². The Kier molecular flexibility index (Phi) is 2.72. The number of hydrogen-bond acceptors (Lipinski definition) is 3. The van der Waals surface area contributed by atoms with Crippen LogP contribution >= 0.6 is 0 Å². The molecule has 2 aliphatic rings. The summed E-state index contributed by atoms with van der Waals surface area (Å²) in [7, 11) is 0. The Morgan fingerprint density at radius 1 is 1.59 bits per heavy atom. The van der Waals surface area contributed by atoms with Gasteiger partial charge >= 0.3 is 5.97 Å². The lowest BCUT2D eigenvalue weighted by atomic mass is 9.52. The molecule has 1 N–H and O–H groups in total. The lowest BCUT2D eigenvalue weighted by Gasteiger charge is -2.50. The average Bonchev–Trinajstić information content (AvgIpc) is 2.35.